The number of fused-ring (bicyclic) bond motifs is 1. The van der Waals surface area contributed by atoms with E-state index in [1.807, 2.05) is 0 Å². The molecular formula is C15H17ClFN3O. The van der Waals surface area contributed by atoms with E-state index in [0.717, 1.165) is 12.0 Å². The molecule has 1 aromatic rings. The molecule has 1 aromatic carbocycles. The van der Waals surface area contributed by atoms with E-state index in [-0.39, 0.29) is 28.9 Å². The van der Waals surface area contributed by atoms with Crippen molar-refractivity contribution in [3.8, 4) is 0 Å². The van der Waals surface area contributed by atoms with Crippen LogP contribution in [-0.2, 0) is 4.79 Å². The van der Waals surface area contributed by atoms with Crippen LogP contribution in [0.1, 0.15) is 31.7 Å². The summed E-state index contributed by atoms with van der Waals surface area (Å²) in [7, 11) is 0. The van der Waals surface area contributed by atoms with Crippen LogP contribution in [0.25, 0.3) is 0 Å². The average Bonchev–Trinajstić information content (AvgIpc) is 2.92. The van der Waals surface area contributed by atoms with Gasteiger partial charge in [-0.05, 0) is 36.0 Å². The summed E-state index contributed by atoms with van der Waals surface area (Å²) >= 11 is 5.88. The zero-order valence-electron chi connectivity index (χ0n) is 11.9. The fourth-order valence-corrected chi connectivity index (χ4v) is 3.55. The molecule has 1 aliphatic heterocycles. The van der Waals surface area contributed by atoms with Gasteiger partial charge >= 0.3 is 0 Å². The van der Waals surface area contributed by atoms with Crippen LogP contribution in [0, 0.1) is 11.7 Å². The molecule has 0 bridgehead atoms. The Morgan fingerprint density at radius 1 is 1.52 bits per heavy atom. The third-order valence-electron chi connectivity index (χ3n) is 4.36. The summed E-state index contributed by atoms with van der Waals surface area (Å²) in [6.45, 7) is 3.60. The molecule has 1 aliphatic carbocycles. The number of hydrogen-bond donors (Lipinski definition) is 2. The highest BCUT2D eigenvalue weighted by Gasteiger charge is 2.45. The number of halogens is 2. The molecule has 1 saturated carbocycles. The van der Waals surface area contributed by atoms with Crippen LogP contribution in [0.4, 0.5) is 4.39 Å². The Morgan fingerprint density at radius 3 is 2.90 bits per heavy atom. The lowest BCUT2D eigenvalue weighted by Crippen LogP contribution is -2.41. The SMILES string of the molecule is CC(=O)NC1=NC2C(C[C@H](c3ccc(F)c(Cl)c3)[C@@H]2C)N1. The number of nitrogens with one attached hydrogen (secondary N) is 2. The molecule has 2 unspecified atom stereocenters. The number of nitrogens with zero attached hydrogens (tertiary/aromatic N) is 1. The maximum Gasteiger partial charge on any atom is 0.223 e. The molecule has 3 rings (SSSR count). The van der Waals surface area contributed by atoms with Crippen LogP contribution in [-0.4, -0.2) is 24.0 Å². The molecule has 0 aromatic heterocycles. The van der Waals surface area contributed by atoms with Gasteiger partial charge in [0.2, 0.25) is 5.91 Å². The van der Waals surface area contributed by atoms with Gasteiger partial charge in [0.15, 0.2) is 5.96 Å². The lowest BCUT2D eigenvalue weighted by atomic mass is 9.89. The zero-order chi connectivity index (χ0) is 15.1. The molecule has 1 amide bonds. The Bertz CT molecular complexity index is 619. The Morgan fingerprint density at radius 2 is 2.29 bits per heavy atom. The summed E-state index contributed by atoms with van der Waals surface area (Å²) in [5.74, 6) is 0.620. The third kappa shape index (κ3) is 2.62. The minimum atomic E-state index is -0.393. The zero-order valence-corrected chi connectivity index (χ0v) is 12.6. The summed E-state index contributed by atoms with van der Waals surface area (Å²) in [5, 5.41) is 6.10. The van der Waals surface area contributed by atoms with E-state index in [1.54, 1.807) is 12.1 Å². The number of aliphatic imine (C=N–C) groups is 1. The number of amides is 1. The Kier molecular flexibility index (Phi) is 3.61. The van der Waals surface area contributed by atoms with Crippen LogP contribution in [0.5, 0.6) is 0 Å². The van der Waals surface area contributed by atoms with Gasteiger partial charge in [0, 0.05) is 6.92 Å². The van der Waals surface area contributed by atoms with E-state index in [2.05, 4.69) is 22.5 Å². The lowest BCUT2D eigenvalue weighted by molar-refractivity contribution is -0.117. The first-order valence-corrected chi connectivity index (χ1v) is 7.40. The van der Waals surface area contributed by atoms with Crippen molar-refractivity contribution >= 4 is 23.5 Å². The molecule has 0 radical (unpaired) electrons. The quantitative estimate of drug-likeness (QED) is 0.837. The predicted molar refractivity (Wildman–Crippen MR) is 79.9 cm³/mol. The second-order valence-corrected chi connectivity index (χ2v) is 6.18. The van der Waals surface area contributed by atoms with Crippen molar-refractivity contribution in [1.29, 1.82) is 0 Å². The average molecular weight is 310 g/mol. The molecule has 21 heavy (non-hydrogen) atoms. The second-order valence-electron chi connectivity index (χ2n) is 5.78. The monoisotopic (exact) mass is 309 g/mol. The minimum Gasteiger partial charge on any atom is -0.351 e. The Hall–Kier alpha value is -1.62. The van der Waals surface area contributed by atoms with E-state index in [1.165, 1.54) is 13.0 Å². The maximum atomic E-state index is 13.3. The molecule has 6 heteroatoms. The van der Waals surface area contributed by atoms with E-state index in [0.29, 0.717) is 11.9 Å². The number of guanidine groups is 1. The molecule has 1 fully saturated rings. The van der Waals surface area contributed by atoms with Crippen LogP contribution in [0.3, 0.4) is 0 Å². The van der Waals surface area contributed by atoms with Crippen molar-refractivity contribution in [3.05, 3.63) is 34.6 Å². The third-order valence-corrected chi connectivity index (χ3v) is 4.65. The van der Waals surface area contributed by atoms with Gasteiger partial charge in [-0.25, -0.2) is 9.38 Å². The van der Waals surface area contributed by atoms with Crippen LogP contribution < -0.4 is 10.6 Å². The van der Waals surface area contributed by atoms with Crippen molar-refractivity contribution in [2.24, 2.45) is 10.9 Å². The van der Waals surface area contributed by atoms with E-state index in [9.17, 15) is 9.18 Å². The molecular weight excluding hydrogens is 293 g/mol. The number of hydrogen-bond acceptors (Lipinski definition) is 3. The van der Waals surface area contributed by atoms with Crippen molar-refractivity contribution in [2.45, 2.75) is 38.3 Å². The molecule has 4 nitrogen and oxygen atoms in total. The first kappa shape index (κ1) is 14.3. The van der Waals surface area contributed by atoms with Gasteiger partial charge in [-0.3, -0.25) is 10.1 Å². The van der Waals surface area contributed by atoms with Crippen molar-refractivity contribution in [3.63, 3.8) is 0 Å². The Labute approximate surface area is 127 Å². The topological polar surface area (TPSA) is 53.5 Å². The van der Waals surface area contributed by atoms with E-state index >= 15 is 0 Å². The van der Waals surface area contributed by atoms with Gasteiger partial charge in [-0.15, -0.1) is 0 Å². The Balaban J connectivity index is 1.79. The summed E-state index contributed by atoms with van der Waals surface area (Å²) in [6.07, 6.45) is 0.889. The van der Waals surface area contributed by atoms with Gasteiger partial charge in [-0.2, -0.15) is 0 Å². The molecule has 4 atom stereocenters. The summed E-state index contributed by atoms with van der Waals surface area (Å²) in [6, 6.07) is 5.24. The highest BCUT2D eigenvalue weighted by Crippen LogP contribution is 2.43. The number of benzene rings is 1. The summed E-state index contributed by atoms with van der Waals surface area (Å²) in [5.41, 5.74) is 1.04. The fourth-order valence-electron chi connectivity index (χ4n) is 3.36. The first-order valence-electron chi connectivity index (χ1n) is 7.02. The molecule has 1 heterocycles. The predicted octanol–water partition coefficient (Wildman–Crippen LogP) is 2.43. The molecule has 0 spiro atoms. The number of rotatable bonds is 1. The van der Waals surface area contributed by atoms with E-state index < -0.39 is 5.82 Å². The van der Waals surface area contributed by atoms with Crippen molar-refractivity contribution < 1.29 is 9.18 Å². The van der Waals surface area contributed by atoms with Crippen LogP contribution >= 0.6 is 11.6 Å². The van der Waals surface area contributed by atoms with Gasteiger partial charge in [0.25, 0.3) is 0 Å². The van der Waals surface area contributed by atoms with Gasteiger partial charge < -0.3 is 5.32 Å². The normalized spacial score (nSPS) is 30.6. The molecule has 0 saturated heterocycles. The number of carbonyl (C=O) groups excluding carboxylic acids is 1. The molecule has 2 aliphatic rings. The number of carbonyl (C=O) groups is 1. The molecule has 2 N–H and O–H groups in total. The molecule has 112 valence electrons. The van der Waals surface area contributed by atoms with E-state index in [4.69, 9.17) is 11.6 Å². The smallest absolute Gasteiger partial charge is 0.223 e. The standard InChI is InChI=1S/C15H17ClFN3O/c1-7-10(9-3-4-12(17)11(16)5-9)6-13-14(7)20-15(19-13)18-8(2)21/h3-5,7,10,13-14H,6H2,1-2H3,(H2,18,19,20,21)/t7-,10-,13?,14?/m0/s1. The lowest BCUT2D eigenvalue weighted by Gasteiger charge is -2.18. The summed E-state index contributed by atoms with van der Waals surface area (Å²) < 4.78 is 13.3. The van der Waals surface area contributed by atoms with Crippen molar-refractivity contribution in [1.82, 2.24) is 10.6 Å². The van der Waals surface area contributed by atoms with Crippen LogP contribution in [0.15, 0.2) is 23.2 Å². The summed E-state index contributed by atoms with van der Waals surface area (Å²) in [4.78, 5) is 15.6. The largest absolute Gasteiger partial charge is 0.351 e. The van der Waals surface area contributed by atoms with Crippen LogP contribution in [0.2, 0.25) is 5.02 Å². The fraction of sp³-hybridized carbons (Fsp3) is 0.467. The van der Waals surface area contributed by atoms with Gasteiger partial charge in [-0.1, -0.05) is 24.6 Å². The second kappa shape index (κ2) is 5.30. The highest BCUT2D eigenvalue weighted by atomic mass is 35.5. The first-order chi connectivity index (χ1) is 9.95. The van der Waals surface area contributed by atoms with Gasteiger partial charge in [0.05, 0.1) is 17.1 Å². The maximum absolute atomic E-state index is 13.3. The highest BCUT2D eigenvalue weighted by molar-refractivity contribution is 6.30. The van der Waals surface area contributed by atoms with Gasteiger partial charge in [0.1, 0.15) is 5.82 Å². The minimum absolute atomic E-state index is 0.126. The van der Waals surface area contributed by atoms with Crippen molar-refractivity contribution in [2.75, 3.05) is 0 Å².